The lowest BCUT2D eigenvalue weighted by molar-refractivity contribution is 0.465. The molecule has 1 aliphatic rings. The Labute approximate surface area is 85.8 Å². The van der Waals surface area contributed by atoms with Gasteiger partial charge in [-0.15, -0.1) is 0 Å². The maximum Gasteiger partial charge on any atom is 0.119 e. The number of hydrogen-bond acceptors (Lipinski definition) is 1. The molecule has 76 valence electrons. The zero-order valence-electron chi connectivity index (χ0n) is 8.96. The molecule has 0 saturated heterocycles. The minimum Gasteiger partial charge on any atom is -0.508 e. The van der Waals surface area contributed by atoms with Crippen LogP contribution in [0.15, 0.2) is 18.2 Å². The van der Waals surface area contributed by atoms with Gasteiger partial charge in [-0.2, -0.15) is 0 Å². The first-order valence-electron chi connectivity index (χ1n) is 5.48. The number of rotatable bonds is 3. The molecule has 1 N–H and O–H groups in total. The second-order valence-electron chi connectivity index (χ2n) is 4.69. The van der Waals surface area contributed by atoms with Crippen molar-refractivity contribution in [3.05, 3.63) is 29.3 Å². The predicted octanol–water partition coefficient (Wildman–Crippen LogP) is 3.47. The van der Waals surface area contributed by atoms with Gasteiger partial charge in [0.2, 0.25) is 0 Å². The summed E-state index contributed by atoms with van der Waals surface area (Å²) in [6.45, 7) is 4.30. The van der Waals surface area contributed by atoms with E-state index >= 15 is 0 Å². The van der Waals surface area contributed by atoms with Crippen LogP contribution in [0, 0.1) is 5.92 Å². The van der Waals surface area contributed by atoms with Crippen molar-refractivity contribution < 1.29 is 5.11 Å². The Morgan fingerprint density at radius 1 is 1.36 bits per heavy atom. The fourth-order valence-corrected chi connectivity index (χ4v) is 1.75. The molecule has 0 amide bonds. The molecule has 0 spiro atoms. The van der Waals surface area contributed by atoms with E-state index in [4.69, 9.17) is 0 Å². The Morgan fingerprint density at radius 3 is 2.57 bits per heavy atom. The molecule has 1 aromatic rings. The van der Waals surface area contributed by atoms with E-state index in [2.05, 4.69) is 26.0 Å². The molecule has 2 rings (SSSR count). The summed E-state index contributed by atoms with van der Waals surface area (Å²) < 4.78 is 0. The largest absolute Gasteiger partial charge is 0.508 e. The zero-order chi connectivity index (χ0) is 10.1. The van der Waals surface area contributed by atoms with E-state index in [0.717, 1.165) is 17.9 Å². The number of hydrogen-bond donors (Lipinski definition) is 1. The Hall–Kier alpha value is -0.980. The van der Waals surface area contributed by atoms with Crippen LogP contribution in [0.4, 0.5) is 0 Å². The van der Waals surface area contributed by atoms with Crippen molar-refractivity contribution >= 4 is 0 Å². The lowest BCUT2D eigenvalue weighted by Gasteiger charge is -2.09. The van der Waals surface area contributed by atoms with Crippen molar-refractivity contribution in [2.75, 3.05) is 0 Å². The standard InChI is InChI=1S/C13H18O/c1-9(2)11-5-6-12(13(14)8-11)7-10-3-4-10/h5-6,8-10,14H,3-4,7H2,1-2H3. The maximum atomic E-state index is 9.82. The van der Waals surface area contributed by atoms with Gasteiger partial charge in [0.15, 0.2) is 0 Å². The van der Waals surface area contributed by atoms with Crippen molar-refractivity contribution in [1.29, 1.82) is 0 Å². The van der Waals surface area contributed by atoms with Gasteiger partial charge < -0.3 is 5.11 Å². The molecule has 0 atom stereocenters. The van der Waals surface area contributed by atoms with Gasteiger partial charge in [0.05, 0.1) is 0 Å². The lowest BCUT2D eigenvalue weighted by atomic mass is 9.99. The van der Waals surface area contributed by atoms with Crippen molar-refractivity contribution in [2.24, 2.45) is 5.92 Å². The molecule has 0 bridgehead atoms. The monoisotopic (exact) mass is 190 g/mol. The van der Waals surface area contributed by atoms with Gasteiger partial charge in [-0.25, -0.2) is 0 Å². The average molecular weight is 190 g/mol. The molecule has 1 saturated carbocycles. The topological polar surface area (TPSA) is 20.2 Å². The normalized spacial score (nSPS) is 16.2. The molecule has 1 aliphatic carbocycles. The van der Waals surface area contributed by atoms with Gasteiger partial charge in [0.1, 0.15) is 5.75 Å². The van der Waals surface area contributed by atoms with Crippen molar-refractivity contribution in [3.8, 4) is 5.75 Å². The summed E-state index contributed by atoms with van der Waals surface area (Å²) in [5.74, 6) is 1.82. The van der Waals surface area contributed by atoms with Crippen molar-refractivity contribution in [2.45, 2.75) is 39.0 Å². The minimum absolute atomic E-state index is 0.489. The molecule has 14 heavy (non-hydrogen) atoms. The van der Waals surface area contributed by atoms with Crippen LogP contribution in [-0.2, 0) is 6.42 Å². The third-order valence-corrected chi connectivity index (χ3v) is 2.98. The number of benzene rings is 1. The maximum absolute atomic E-state index is 9.82. The Balaban J connectivity index is 2.17. The summed E-state index contributed by atoms with van der Waals surface area (Å²) in [5, 5.41) is 9.82. The van der Waals surface area contributed by atoms with Crippen LogP contribution in [-0.4, -0.2) is 5.11 Å². The first kappa shape index (κ1) is 9.57. The number of aromatic hydroxyl groups is 1. The molecular formula is C13H18O. The number of phenols is 1. The van der Waals surface area contributed by atoms with Crippen LogP contribution in [0.5, 0.6) is 5.75 Å². The quantitative estimate of drug-likeness (QED) is 0.773. The molecular weight excluding hydrogens is 172 g/mol. The van der Waals surface area contributed by atoms with Crippen LogP contribution in [0.2, 0.25) is 0 Å². The molecule has 0 aliphatic heterocycles. The van der Waals surface area contributed by atoms with Gasteiger partial charge in [-0.05, 0) is 48.3 Å². The molecule has 1 aromatic carbocycles. The van der Waals surface area contributed by atoms with Gasteiger partial charge in [-0.1, -0.05) is 26.0 Å². The molecule has 0 unspecified atom stereocenters. The molecule has 0 heterocycles. The predicted molar refractivity (Wildman–Crippen MR) is 58.6 cm³/mol. The van der Waals surface area contributed by atoms with Crippen LogP contribution in [0.3, 0.4) is 0 Å². The summed E-state index contributed by atoms with van der Waals surface area (Å²) in [4.78, 5) is 0. The van der Waals surface area contributed by atoms with Gasteiger partial charge >= 0.3 is 0 Å². The third-order valence-electron chi connectivity index (χ3n) is 2.98. The third kappa shape index (κ3) is 2.09. The first-order valence-corrected chi connectivity index (χ1v) is 5.48. The average Bonchev–Trinajstić information content (AvgIpc) is 2.92. The molecule has 0 radical (unpaired) electrons. The summed E-state index contributed by atoms with van der Waals surface area (Å²) in [6.07, 6.45) is 3.74. The van der Waals surface area contributed by atoms with Crippen LogP contribution in [0.25, 0.3) is 0 Å². The van der Waals surface area contributed by atoms with E-state index in [0.29, 0.717) is 11.7 Å². The minimum atomic E-state index is 0.489. The SMILES string of the molecule is CC(C)c1ccc(CC2CC2)c(O)c1. The van der Waals surface area contributed by atoms with Gasteiger partial charge in [0.25, 0.3) is 0 Å². The Kier molecular flexibility index (Phi) is 2.49. The Morgan fingerprint density at radius 2 is 2.07 bits per heavy atom. The summed E-state index contributed by atoms with van der Waals surface area (Å²) in [6, 6.07) is 6.15. The van der Waals surface area contributed by atoms with Crippen molar-refractivity contribution in [1.82, 2.24) is 0 Å². The molecule has 1 fully saturated rings. The van der Waals surface area contributed by atoms with E-state index in [1.807, 2.05) is 6.07 Å². The van der Waals surface area contributed by atoms with E-state index in [-0.39, 0.29) is 0 Å². The summed E-state index contributed by atoms with van der Waals surface area (Å²) in [7, 11) is 0. The summed E-state index contributed by atoms with van der Waals surface area (Å²) >= 11 is 0. The molecule has 1 heteroatoms. The smallest absolute Gasteiger partial charge is 0.119 e. The van der Waals surface area contributed by atoms with Gasteiger partial charge in [0, 0.05) is 0 Å². The summed E-state index contributed by atoms with van der Waals surface area (Å²) in [5.41, 5.74) is 2.35. The lowest BCUT2D eigenvalue weighted by Crippen LogP contribution is -1.91. The van der Waals surface area contributed by atoms with Gasteiger partial charge in [-0.3, -0.25) is 0 Å². The molecule has 0 aromatic heterocycles. The van der Waals surface area contributed by atoms with E-state index in [1.54, 1.807) is 0 Å². The van der Waals surface area contributed by atoms with E-state index in [1.165, 1.54) is 18.4 Å². The first-order chi connectivity index (χ1) is 6.66. The second kappa shape index (κ2) is 3.64. The highest BCUT2D eigenvalue weighted by atomic mass is 16.3. The van der Waals surface area contributed by atoms with Crippen LogP contribution >= 0.6 is 0 Å². The van der Waals surface area contributed by atoms with Crippen molar-refractivity contribution in [3.63, 3.8) is 0 Å². The second-order valence-corrected chi connectivity index (χ2v) is 4.69. The van der Waals surface area contributed by atoms with E-state index < -0.39 is 0 Å². The van der Waals surface area contributed by atoms with E-state index in [9.17, 15) is 5.11 Å². The van der Waals surface area contributed by atoms with Crippen LogP contribution in [0.1, 0.15) is 43.7 Å². The zero-order valence-corrected chi connectivity index (χ0v) is 8.96. The molecule has 1 nitrogen and oxygen atoms in total. The van der Waals surface area contributed by atoms with Crippen LogP contribution < -0.4 is 0 Å². The highest BCUT2D eigenvalue weighted by molar-refractivity contribution is 5.38. The Bertz CT molecular complexity index is 324. The number of phenolic OH excluding ortho intramolecular Hbond substituents is 1. The fourth-order valence-electron chi connectivity index (χ4n) is 1.75. The highest BCUT2D eigenvalue weighted by Gasteiger charge is 2.22. The fraction of sp³-hybridized carbons (Fsp3) is 0.538. The highest BCUT2D eigenvalue weighted by Crippen LogP contribution is 2.35.